The Kier molecular flexibility index (Phi) is 7.68. The molecule has 1 aromatic rings. The summed E-state index contributed by atoms with van der Waals surface area (Å²) in [6.07, 6.45) is 4.23. The second kappa shape index (κ2) is 9.00. The number of halogens is 2. The van der Waals surface area contributed by atoms with Crippen LogP contribution >= 0.6 is 12.4 Å². The predicted molar refractivity (Wildman–Crippen MR) is 86.3 cm³/mol. The highest BCUT2D eigenvalue weighted by atomic mass is 35.5. The summed E-state index contributed by atoms with van der Waals surface area (Å²) in [7, 11) is 0. The van der Waals surface area contributed by atoms with Gasteiger partial charge in [-0.05, 0) is 49.9 Å². The zero-order valence-electron chi connectivity index (χ0n) is 12.5. The van der Waals surface area contributed by atoms with Gasteiger partial charge >= 0.3 is 0 Å². The van der Waals surface area contributed by atoms with Crippen LogP contribution in [-0.2, 0) is 4.79 Å². The number of hydrogen-bond donors (Lipinski definition) is 1. The number of carbonyl (C=O) groups is 1. The SMILES string of the molecule is CCCN(CCC(=O)Nc1cccc(F)c1)CC1CC1.Cl. The number of anilines is 1. The van der Waals surface area contributed by atoms with Gasteiger partial charge in [0.15, 0.2) is 0 Å². The molecule has 0 aliphatic heterocycles. The van der Waals surface area contributed by atoms with E-state index in [1.165, 1.54) is 25.0 Å². The molecule has 0 spiro atoms. The minimum Gasteiger partial charge on any atom is -0.326 e. The van der Waals surface area contributed by atoms with E-state index in [1.54, 1.807) is 12.1 Å². The number of hydrogen-bond acceptors (Lipinski definition) is 2. The highest BCUT2D eigenvalue weighted by Gasteiger charge is 2.24. The molecule has 2 rings (SSSR count). The van der Waals surface area contributed by atoms with Crippen molar-refractivity contribution in [3.63, 3.8) is 0 Å². The predicted octanol–water partition coefficient (Wildman–Crippen LogP) is 3.70. The van der Waals surface area contributed by atoms with Crippen LogP contribution in [0.25, 0.3) is 0 Å². The Morgan fingerprint density at radius 3 is 2.76 bits per heavy atom. The minimum atomic E-state index is -0.329. The van der Waals surface area contributed by atoms with E-state index in [9.17, 15) is 9.18 Å². The summed E-state index contributed by atoms with van der Waals surface area (Å²) in [6.45, 7) is 5.10. The van der Waals surface area contributed by atoms with Crippen molar-refractivity contribution in [1.29, 1.82) is 0 Å². The normalized spacial score (nSPS) is 13.9. The van der Waals surface area contributed by atoms with Crippen molar-refractivity contribution in [2.24, 2.45) is 5.92 Å². The van der Waals surface area contributed by atoms with Crippen molar-refractivity contribution in [3.05, 3.63) is 30.1 Å². The number of carbonyl (C=O) groups excluding carboxylic acids is 1. The molecule has 1 saturated carbocycles. The van der Waals surface area contributed by atoms with E-state index < -0.39 is 0 Å². The maximum absolute atomic E-state index is 13.0. The van der Waals surface area contributed by atoms with Gasteiger partial charge in [-0.1, -0.05) is 13.0 Å². The van der Waals surface area contributed by atoms with Gasteiger partial charge in [0, 0.05) is 25.2 Å². The van der Waals surface area contributed by atoms with Crippen molar-refractivity contribution in [2.75, 3.05) is 25.0 Å². The molecule has 118 valence electrons. The summed E-state index contributed by atoms with van der Waals surface area (Å²) in [5.74, 6) is 0.462. The van der Waals surface area contributed by atoms with E-state index >= 15 is 0 Å². The maximum atomic E-state index is 13.0. The molecule has 0 radical (unpaired) electrons. The van der Waals surface area contributed by atoms with E-state index in [0.29, 0.717) is 12.1 Å². The van der Waals surface area contributed by atoms with Crippen LogP contribution in [0.4, 0.5) is 10.1 Å². The van der Waals surface area contributed by atoms with Crippen molar-refractivity contribution in [3.8, 4) is 0 Å². The molecular weight excluding hydrogens is 291 g/mol. The lowest BCUT2D eigenvalue weighted by Crippen LogP contribution is -2.30. The van der Waals surface area contributed by atoms with Gasteiger partial charge in [0.1, 0.15) is 5.82 Å². The number of nitrogens with one attached hydrogen (secondary N) is 1. The van der Waals surface area contributed by atoms with E-state index in [4.69, 9.17) is 0 Å². The largest absolute Gasteiger partial charge is 0.326 e. The number of rotatable bonds is 8. The van der Waals surface area contributed by atoms with Crippen molar-refractivity contribution >= 4 is 24.0 Å². The van der Waals surface area contributed by atoms with Crippen LogP contribution in [0.1, 0.15) is 32.6 Å². The first-order valence-electron chi connectivity index (χ1n) is 7.45. The quantitative estimate of drug-likeness (QED) is 0.793. The molecule has 1 fully saturated rings. The zero-order valence-corrected chi connectivity index (χ0v) is 13.3. The van der Waals surface area contributed by atoms with Crippen LogP contribution < -0.4 is 5.32 Å². The van der Waals surface area contributed by atoms with Gasteiger partial charge in [-0.3, -0.25) is 4.79 Å². The van der Waals surface area contributed by atoms with Crippen molar-refractivity contribution in [1.82, 2.24) is 4.90 Å². The van der Waals surface area contributed by atoms with Crippen LogP contribution in [0.2, 0.25) is 0 Å². The zero-order chi connectivity index (χ0) is 14.4. The van der Waals surface area contributed by atoms with Crippen LogP contribution in [0.3, 0.4) is 0 Å². The standard InChI is InChI=1S/C16H23FN2O.ClH/c1-2-9-19(12-13-6-7-13)10-8-16(20)18-15-5-3-4-14(17)11-15;/h3-5,11,13H,2,6-10,12H2,1H3,(H,18,20);1H. The second-order valence-electron chi connectivity index (χ2n) is 5.55. The molecule has 0 bridgehead atoms. The summed E-state index contributed by atoms with van der Waals surface area (Å²) in [4.78, 5) is 14.2. The van der Waals surface area contributed by atoms with Crippen molar-refractivity contribution in [2.45, 2.75) is 32.6 Å². The van der Waals surface area contributed by atoms with Gasteiger partial charge in [0.05, 0.1) is 0 Å². The molecule has 1 N–H and O–H groups in total. The third-order valence-corrected chi connectivity index (χ3v) is 3.52. The van der Waals surface area contributed by atoms with Crippen LogP contribution in [-0.4, -0.2) is 30.4 Å². The van der Waals surface area contributed by atoms with Gasteiger partial charge in [0.25, 0.3) is 0 Å². The molecule has 3 nitrogen and oxygen atoms in total. The first-order valence-corrected chi connectivity index (χ1v) is 7.45. The fourth-order valence-corrected chi connectivity index (χ4v) is 2.33. The fourth-order valence-electron chi connectivity index (χ4n) is 2.33. The summed E-state index contributed by atoms with van der Waals surface area (Å²) in [5, 5.41) is 2.74. The molecule has 0 heterocycles. The lowest BCUT2D eigenvalue weighted by Gasteiger charge is -2.21. The molecule has 1 aliphatic rings. The third-order valence-electron chi connectivity index (χ3n) is 3.52. The van der Waals surface area contributed by atoms with Crippen LogP contribution in [0.15, 0.2) is 24.3 Å². The summed E-state index contributed by atoms with van der Waals surface area (Å²) >= 11 is 0. The molecular formula is C16H24ClFN2O. The Balaban J connectivity index is 0.00000220. The van der Waals surface area contributed by atoms with Gasteiger partial charge in [-0.25, -0.2) is 4.39 Å². The molecule has 0 unspecified atom stereocenters. The summed E-state index contributed by atoms with van der Waals surface area (Å²) in [6, 6.07) is 6.01. The Bertz CT molecular complexity index is 452. The molecule has 0 saturated heterocycles. The number of amides is 1. The number of benzene rings is 1. The molecule has 1 amide bonds. The van der Waals surface area contributed by atoms with Crippen LogP contribution in [0.5, 0.6) is 0 Å². The van der Waals surface area contributed by atoms with E-state index in [2.05, 4.69) is 17.1 Å². The topological polar surface area (TPSA) is 32.3 Å². The minimum absolute atomic E-state index is 0. The third kappa shape index (κ3) is 6.91. The number of nitrogens with zero attached hydrogens (tertiary/aromatic N) is 1. The molecule has 5 heteroatoms. The molecule has 1 aliphatic carbocycles. The molecule has 0 aromatic heterocycles. The Morgan fingerprint density at radius 1 is 1.38 bits per heavy atom. The van der Waals surface area contributed by atoms with Crippen LogP contribution in [0, 0.1) is 11.7 Å². The molecule has 0 atom stereocenters. The lowest BCUT2D eigenvalue weighted by molar-refractivity contribution is -0.116. The van der Waals surface area contributed by atoms with E-state index in [0.717, 1.165) is 32.0 Å². The highest BCUT2D eigenvalue weighted by molar-refractivity contribution is 5.90. The average Bonchev–Trinajstić information content (AvgIpc) is 3.20. The smallest absolute Gasteiger partial charge is 0.225 e. The maximum Gasteiger partial charge on any atom is 0.225 e. The first kappa shape index (κ1) is 17.9. The Labute approximate surface area is 132 Å². The van der Waals surface area contributed by atoms with Crippen molar-refractivity contribution < 1.29 is 9.18 Å². The van der Waals surface area contributed by atoms with Gasteiger partial charge in [-0.2, -0.15) is 0 Å². The first-order chi connectivity index (χ1) is 9.67. The lowest BCUT2D eigenvalue weighted by atomic mass is 10.2. The Hall–Kier alpha value is -1.13. The monoisotopic (exact) mass is 314 g/mol. The Morgan fingerprint density at radius 2 is 2.14 bits per heavy atom. The van der Waals surface area contributed by atoms with Gasteiger partial charge < -0.3 is 10.2 Å². The molecule has 1 aromatic carbocycles. The van der Waals surface area contributed by atoms with Gasteiger partial charge in [-0.15, -0.1) is 12.4 Å². The highest BCUT2D eigenvalue weighted by Crippen LogP contribution is 2.29. The second-order valence-corrected chi connectivity index (χ2v) is 5.55. The summed E-state index contributed by atoms with van der Waals surface area (Å²) in [5.41, 5.74) is 0.527. The average molecular weight is 315 g/mol. The van der Waals surface area contributed by atoms with Gasteiger partial charge in [0.2, 0.25) is 5.91 Å². The van der Waals surface area contributed by atoms with E-state index in [-0.39, 0.29) is 24.1 Å². The fraction of sp³-hybridized carbons (Fsp3) is 0.562. The van der Waals surface area contributed by atoms with E-state index in [1.807, 2.05) is 0 Å². The molecule has 21 heavy (non-hydrogen) atoms. The summed E-state index contributed by atoms with van der Waals surface area (Å²) < 4.78 is 13.0.